The molecule has 0 heterocycles. The molecule has 2 aromatic rings. The van der Waals surface area contributed by atoms with E-state index in [4.69, 9.17) is 23.2 Å². The van der Waals surface area contributed by atoms with Gasteiger partial charge in [0.1, 0.15) is 6.04 Å². The van der Waals surface area contributed by atoms with Gasteiger partial charge < -0.3 is 10.2 Å². The quantitative estimate of drug-likeness (QED) is 0.410. The van der Waals surface area contributed by atoms with Gasteiger partial charge in [-0.3, -0.25) is 13.9 Å². The Balaban J connectivity index is 2.26. The highest BCUT2D eigenvalue weighted by Crippen LogP contribution is 2.27. The molecule has 0 saturated carbocycles. The molecule has 2 amide bonds. The van der Waals surface area contributed by atoms with Crippen LogP contribution in [-0.2, 0) is 26.2 Å². The van der Waals surface area contributed by atoms with Crippen molar-refractivity contribution in [2.24, 2.45) is 0 Å². The van der Waals surface area contributed by atoms with E-state index in [1.807, 2.05) is 46.8 Å². The molecule has 0 aliphatic rings. The third kappa shape index (κ3) is 8.90. The van der Waals surface area contributed by atoms with Gasteiger partial charge in [-0.2, -0.15) is 0 Å². The minimum Gasteiger partial charge on any atom is -0.350 e. The van der Waals surface area contributed by atoms with Crippen molar-refractivity contribution in [3.8, 4) is 0 Å². The summed E-state index contributed by atoms with van der Waals surface area (Å²) in [6, 6.07) is 9.72. The lowest BCUT2D eigenvalue weighted by Gasteiger charge is -2.32. The first-order valence-electron chi connectivity index (χ1n) is 12.1. The van der Waals surface area contributed by atoms with Crippen molar-refractivity contribution in [1.82, 2.24) is 10.2 Å². The second-order valence-electron chi connectivity index (χ2n) is 10.3. The summed E-state index contributed by atoms with van der Waals surface area (Å²) in [5, 5.41) is 3.70. The summed E-state index contributed by atoms with van der Waals surface area (Å²) in [5.41, 5.74) is 2.65. The van der Waals surface area contributed by atoms with Crippen molar-refractivity contribution >= 4 is 50.7 Å². The molecule has 0 unspecified atom stereocenters. The average molecular weight is 571 g/mol. The maximum atomic E-state index is 13.4. The van der Waals surface area contributed by atoms with Gasteiger partial charge >= 0.3 is 0 Å². The Labute approximate surface area is 231 Å². The minimum absolute atomic E-state index is 0.0338. The zero-order valence-corrected chi connectivity index (χ0v) is 24.9. The predicted octanol–water partition coefficient (Wildman–Crippen LogP) is 5.49. The maximum absolute atomic E-state index is 13.4. The molecule has 2 aromatic carbocycles. The highest BCUT2D eigenvalue weighted by Gasteiger charge is 2.29. The third-order valence-corrected chi connectivity index (χ3v) is 7.89. The fourth-order valence-electron chi connectivity index (χ4n) is 3.80. The zero-order valence-electron chi connectivity index (χ0n) is 22.6. The van der Waals surface area contributed by atoms with E-state index < -0.39 is 21.6 Å². The first-order valence-corrected chi connectivity index (χ1v) is 14.7. The van der Waals surface area contributed by atoms with Crippen LogP contribution in [-0.4, -0.2) is 49.5 Å². The third-order valence-electron chi connectivity index (χ3n) is 5.99. The van der Waals surface area contributed by atoms with Crippen molar-refractivity contribution in [3.05, 3.63) is 63.1 Å². The smallest absolute Gasteiger partial charge is 0.242 e. The van der Waals surface area contributed by atoms with Gasteiger partial charge in [-0.1, -0.05) is 35.3 Å². The van der Waals surface area contributed by atoms with E-state index in [2.05, 4.69) is 5.32 Å². The van der Waals surface area contributed by atoms with Gasteiger partial charge in [0.15, 0.2) is 0 Å². The van der Waals surface area contributed by atoms with Crippen LogP contribution in [0.25, 0.3) is 0 Å². The molecular weight excluding hydrogens is 533 g/mol. The lowest BCUT2D eigenvalue weighted by molar-refractivity contribution is -0.141. The number of anilines is 1. The number of nitrogens with zero attached hydrogens (tertiary/aromatic N) is 2. The van der Waals surface area contributed by atoms with Crippen molar-refractivity contribution < 1.29 is 18.0 Å². The normalized spacial score (nSPS) is 12.7. The van der Waals surface area contributed by atoms with Crippen molar-refractivity contribution in [1.29, 1.82) is 0 Å². The molecule has 0 aliphatic heterocycles. The lowest BCUT2D eigenvalue weighted by atomic mass is 10.1. The molecule has 0 saturated heterocycles. The number of sulfonamides is 1. The first kappa shape index (κ1) is 30.9. The van der Waals surface area contributed by atoms with E-state index in [-0.39, 0.29) is 37.7 Å². The summed E-state index contributed by atoms with van der Waals surface area (Å²) in [4.78, 5) is 27.8. The molecule has 0 aromatic heterocycles. The van der Waals surface area contributed by atoms with Gasteiger partial charge in [0.25, 0.3) is 0 Å². The zero-order chi connectivity index (χ0) is 28.1. The number of carbonyl (C=O) groups is 2. The van der Waals surface area contributed by atoms with Crippen LogP contribution in [0.1, 0.15) is 57.2 Å². The SMILES string of the molecule is Cc1ccc(N(CCCC(=O)N(Cc2c(Cl)cccc2Cl)[C@@H](C)C(=O)NC(C)(C)C)S(C)(=O)=O)cc1C. The van der Waals surface area contributed by atoms with E-state index in [0.29, 0.717) is 21.3 Å². The number of halogens is 2. The Morgan fingerprint density at radius 1 is 1.03 bits per heavy atom. The fourth-order valence-corrected chi connectivity index (χ4v) is 5.27. The molecule has 1 atom stereocenters. The van der Waals surface area contributed by atoms with Gasteiger partial charge in [0.05, 0.1) is 11.9 Å². The van der Waals surface area contributed by atoms with Crippen molar-refractivity contribution in [2.45, 2.75) is 72.5 Å². The molecule has 0 fully saturated rings. The fraction of sp³-hybridized carbons (Fsp3) is 0.481. The van der Waals surface area contributed by atoms with Crippen LogP contribution in [0.4, 0.5) is 5.69 Å². The molecule has 0 spiro atoms. The van der Waals surface area contributed by atoms with E-state index in [1.165, 1.54) is 9.21 Å². The minimum atomic E-state index is -3.57. The molecule has 37 heavy (non-hydrogen) atoms. The van der Waals surface area contributed by atoms with E-state index in [1.54, 1.807) is 31.2 Å². The van der Waals surface area contributed by atoms with E-state index >= 15 is 0 Å². The number of carbonyl (C=O) groups excluding carboxylic acids is 2. The van der Waals surface area contributed by atoms with Crippen LogP contribution in [0.15, 0.2) is 36.4 Å². The van der Waals surface area contributed by atoms with Crippen LogP contribution in [0.2, 0.25) is 10.0 Å². The van der Waals surface area contributed by atoms with Crippen LogP contribution in [0, 0.1) is 13.8 Å². The molecule has 0 aliphatic carbocycles. The molecule has 204 valence electrons. The number of hydrogen-bond donors (Lipinski definition) is 1. The molecule has 10 heteroatoms. The van der Waals surface area contributed by atoms with Gasteiger partial charge in [-0.15, -0.1) is 0 Å². The Bertz CT molecular complexity index is 1220. The summed E-state index contributed by atoms with van der Waals surface area (Å²) in [6.07, 6.45) is 1.44. The second-order valence-corrected chi connectivity index (χ2v) is 13.1. The van der Waals surface area contributed by atoms with E-state index in [0.717, 1.165) is 17.4 Å². The Kier molecular flexibility index (Phi) is 10.5. The molecule has 1 N–H and O–H groups in total. The molecule has 0 radical (unpaired) electrons. The molecule has 2 rings (SSSR count). The maximum Gasteiger partial charge on any atom is 0.242 e. The van der Waals surface area contributed by atoms with Gasteiger partial charge in [-0.05, 0) is 83.4 Å². The van der Waals surface area contributed by atoms with Crippen molar-refractivity contribution in [3.63, 3.8) is 0 Å². The summed E-state index contributed by atoms with van der Waals surface area (Å²) >= 11 is 12.7. The lowest BCUT2D eigenvalue weighted by Crippen LogP contribution is -2.52. The molecule has 7 nitrogen and oxygen atoms in total. The number of benzene rings is 2. The highest BCUT2D eigenvalue weighted by atomic mass is 35.5. The summed E-state index contributed by atoms with van der Waals surface area (Å²) < 4.78 is 26.4. The summed E-state index contributed by atoms with van der Waals surface area (Å²) in [5.74, 6) is -0.613. The molecular formula is C27H37Cl2N3O4S. The number of amides is 2. The highest BCUT2D eigenvalue weighted by molar-refractivity contribution is 7.92. The number of rotatable bonds is 10. The topological polar surface area (TPSA) is 86.8 Å². The monoisotopic (exact) mass is 569 g/mol. The first-order chi connectivity index (χ1) is 17.0. The van der Waals surface area contributed by atoms with Gasteiger partial charge in [-0.25, -0.2) is 8.42 Å². The summed E-state index contributed by atoms with van der Waals surface area (Å²) in [6.45, 7) is 11.3. The van der Waals surface area contributed by atoms with Gasteiger partial charge in [0, 0.05) is 40.7 Å². The summed E-state index contributed by atoms with van der Waals surface area (Å²) in [7, 11) is -3.57. The number of nitrogens with one attached hydrogen (secondary N) is 1. The van der Waals surface area contributed by atoms with Crippen LogP contribution in [0.3, 0.4) is 0 Å². The van der Waals surface area contributed by atoms with Crippen LogP contribution < -0.4 is 9.62 Å². The average Bonchev–Trinajstić information content (AvgIpc) is 2.76. The standard InChI is InChI=1S/C27H37Cl2N3O4S/c1-18-13-14-21(16-19(18)2)32(37(7,35)36)15-9-12-25(33)31(20(3)26(34)30-27(4,5)6)17-22-23(28)10-8-11-24(22)29/h8,10-11,13-14,16,20H,9,12,15,17H2,1-7H3,(H,30,34)/t20-/m0/s1. The van der Waals surface area contributed by atoms with Crippen LogP contribution in [0.5, 0.6) is 0 Å². The number of aryl methyl sites for hydroxylation is 2. The van der Waals surface area contributed by atoms with E-state index in [9.17, 15) is 18.0 Å². The Hall–Kier alpha value is -2.29. The number of hydrogen-bond acceptors (Lipinski definition) is 4. The van der Waals surface area contributed by atoms with Crippen LogP contribution >= 0.6 is 23.2 Å². The van der Waals surface area contributed by atoms with Gasteiger partial charge in [0.2, 0.25) is 21.8 Å². The molecule has 0 bridgehead atoms. The second kappa shape index (κ2) is 12.5. The Morgan fingerprint density at radius 3 is 2.14 bits per heavy atom. The Morgan fingerprint density at radius 2 is 1.62 bits per heavy atom. The largest absolute Gasteiger partial charge is 0.350 e. The predicted molar refractivity (Wildman–Crippen MR) is 152 cm³/mol. The van der Waals surface area contributed by atoms with Crippen molar-refractivity contribution in [2.75, 3.05) is 17.1 Å².